The van der Waals surface area contributed by atoms with Crippen molar-refractivity contribution in [3.63, 3.8) is 0 Å². The number of hydrogen-bond acceptors (Lipinski definition) is 7. The molecule has 9 nitrogen and oxygen atoms in total. The van der Waals surface area contributed by atoms with E-state index in [9.17, 15) is 18.0 Å². The summed E-state index contributed by atoms with van der Waals surface area (Å²) in [6, 6.07) is 12.1. The second-order valence-corrected chi connectivity index (χ2v) is 16.8. The summed E-state index contributed by atoms with van der Waals surface area (Å²) in [5.41, 5.74) is 6.17. The van der Waals surface area contributed by atoms with Crippen LogP contribution in [0.15, 0.2) is 63.3 Å². The third-order valence-corrected chi connectivity index (χ3v) is 11.4. The van der Waals surface area contributed by atoms with Crippen LogP contribution in [0.1, 0.15) is 105 Å². The molecule has 1 unspecified atom stereocenters. The van der Waals surface area contributed by atoms with Gasteiger partial charge in [0.15, 0.2) is 6.10 Å². The van der Waals surface area contributed by atoms with E-state index in [0.29, 0.717) is 47.8 Å². The Morgan fingerprint density at radius 2 is 1.61 bits per heavy atom. The van der Waals surface area contributed by atoms with Crippen LogP contribution in [-0.2, 0) is 30.4 Å². The molecule has 0 spiro atoms. The van der Waals surface area contributed by atoms with Gasteiger partial charge in [-0.2, -0.15) is 0 Å². The Morgan fingerprint density at radius 3 is 2.16 bits per heavy atom. The molecule has 0 heterocycles. The number of nitrogens with zero attached hydrogens (tertiary/aromatic N) is 2. The summed E-state index contributed by atoms with van der Waals surface area (Å²) in [5, 5.41) is 2.86. The summed E-state index contributed by atoms with van der Waals surface area (Å²) >= 11 is 6.60. The molecule has 11 heteroatoms. The molecule has 2 aromatic rings. The first-order chi connectivity index (χ1) is 23.7. The second kappa shape index (κ2) is 16.9. The zero-order valence-electron chi connectivity index (χ0n) is 32.5. The molecule has 1 amide bonds. The van der Waals surface area contributed by atoms with Crippen LogP contribution < -0.4 is 19.7 Å². The highest BCUT2D eigenvalue weighted by Gasteiger charge is 2.33. The molecule has 1 aliphatic rings. The van der Waals surface area contributed by atoms with Gasteiger partial charge >= 0.3 is 0 Å². The van der Waals surface area contributed by atoms with Crippen molar-refractivity contribution in [2.75, 3.05) is 30.8 Å². The maximum absolute atomic E-state index is 13.8. The molecule has 280 valence electrons. The lowest BCUT2D eigenvalue weighted by molar-refractivity contribution is -0.128. The highest BCUT2D eigenvalue weighted by molar-refractivity contribution is 7.88. The molecule has 2 N–H and O–H groups in total. The fraction of sp³-hybridized carbons (Fsp3) is 0.525. The lowest BCUT2D eigenvalue weighted by Gasteiger charge is -2.31. The number of Topliss-reactive ketones (excluding diaryl/α,β-unsaturated/α-hetero) is 1. The average Bonchev–Trinajstić information content (AvgIpc) is 3.08. The Morgan fingerprint density at radius 1 is 0.961 bits per heavy atom. The topological polar surface area (TPSA) is 117 Å². The minimum atomic E-state index is -3.28. The molecule has 0 fully saturated rings. The molecule has 0 bridgehead atoms. The number of ketones is 1. The number of aliphatic imine (C=N–C) groups is 1. The Kier molecular flexibility index (Phi) is 13.9. The SMILES string of the molecule is CCC(Oc1ccc(C(C)(C)CC)cc1C(C)(C)CC)C(=O)NC1=C(C)C(=Nc2ccc(N(CC)CCNS(C)(=O)=O)cc2C)C(C)=C(Cl)C1=O. The zero-order valence-corrected chi connectivity index (χ0v) is 34.1. The van der Waals surface area contributed by atoms with Gasteiger partial charge in [0.25, 0.3) is 5.91 Å². The molecular formula is C40H57ClN4O5S. The second-order valence-electron chi connectivity index (χ2n) is 14.6. The number of nitrogens with one attached hydrogen (secondary N) is 2. The number of rotatable bonds is 16. The quantitative estimate of drug-likeness (QED) is 0.168. The summed E-state index contributed by atoms with van der Waals surface area (Å²) in [7, 11) is -3.28. The van der Waals surface area contributed by atoms with Crippen LogP contribution in [0.2, 0.25) is 0 Å². The molecule has 1 aliphatic carbocycles. The van der Waals surface area contributed by atoms with E-state index in [1.54, 1.807) is 13.8 Å². The van der Waals surface area contributed by atoms with Gasteiger partial charge in [-0.05, 0) is 98.8 Å². The standard InChI is InChI=1S/C40H57ClN4O5S/c1-13-32(50-33-20-17-28(39(8,9)14-2)24-30(33)40(10,11)15-3)38(47)44-36-27(7)35(26(6)34(41)37(36)46)43-31-19-18-29(23-25(31)5)45(16-4)22-21-42-51(12,48)49/h17-20,23-24,32,42H,13-16,21-22H2,1-12H3,(H,44,47). The fourth-order valence-electron chi connectivity index (χ4n) is 5.85. The maximum Gasteiger partial charge on any atom is 0.265 e. The summed E-state index contributed by atoms with van der Waals surface area (Å²) in [4.78, 5) is 34.3. The highest BCUT2D eigenvalue weighted by Crippen LogP contribution is 2.39. The number of halogens is 1. The van der Waals surface area contributed by atoms with Crippen molar-refractivity contribution in [3.05, 3.63) is 75.0 Å². The lowest BCUT2D eigenvalue weighted by Crippen LogP contribution is -2.41. The average molecular weight is 741 g/mol. The normalized spacial score (nSPS) is 15.8. The van der Waals surface area contributed by atoms with Crippen molar-refractivity contribution in [2.45, 2.75) is 112 Å². The Labute approximate surface area is 311 Å². The van der Waals surface area contributed by atoms with Crippen LogP contribution in [0.25, 0.3) is 0 Å². The number of carbonyl (C=O) groups is 2. The van der Waals surface area contributed by atoms with E-state index in [0.717, 1.165) is 35.9 Å². The van der Waals surface area contributed by atoms with Crippen molar-refractivity contribution < 1.29 is 22.7 Å². The van der Waals surface area contributed by atoms with E-state index in [1.807, 2.05) is 45.0 Å². The number of allylic oxidation sites excluding steroid dienone is 3. The fourth-order valence-corrected chi connectivity index (χ4v) is 6.49. The number of hydrogen-bond donors (Lipinski definition) is 2. The largest absolute Gasteiger partial charge is 0.480 e. The third-order valence-electron chi connectivity index (χ3n) is 10.2. The van der Waals surface area contributed by atoms with Crippen molar-refractivity contribution in [1.29, 1.82) is 0 Å². The van der Waals surface area contributed by atoms with Gasteiger partial charge in [-0.15, -0.1) is 0 Å². The number of anilines is 1. The zero-order chi connectivity index (χ0) is 38.5. The smallest absolute Gasteiger partial charge is 0.265 e. The minimum absolute atomic E-state index is 0.00506. The van der Waals surface area contributed by atoms with E-state index in [-0.39, 0.29) is 28.1 Å². The van der Waals surface area contributed by atoms with Crippen molar-refractivity contribution >= 4 is 50.4 Å². The van der Waals surface area contributed by atoms with E-state index in [2.05, 4.69) is 68.6 Å². The number of amides is 1. The van der Waals surface area contributed by atoms with E-state index < -0.39 is 27.8 Å². The molecule has 51 heavy (non-hydrogen) atoms. The third kappa shape index (κ3) is 10.1. The Hall–Kier alpha value is -3.47. The Bertz CT molecular complexity index is 1840. The minimum Gasteiger partial charge on any atom is -0.480 e. The van der Waals surface area contributed by atoms with Crippen LogP contribution in [0.3, 0.4) is 0 Å². The van der Waals surface area contributed by atoms with E-state index >= 15 is 0 Å². The van der Waals surface area contributed by atoms with Crippen molar-refractivity contribution in [2.24, 2.45) is 4.99 Å². The van der Waals surface area contributed by atoms with Gasteiger partial charge in [0.2, 0.25) is 15.8 Å². The van der Waals surface area contributed by atoms with Crippen LogP contribution in [-0.4, -0.2) is 57.8 Å². The summed E-state index contributed by atoms with van der Waals surface area (Å²) in [6.45, 7) is 23.9. The molecule has 0 aromatic heterocycles. The first-order valence-electron chi connectivity index (χ1n) is 17.8. The maximum atomic E-state index is 13.8. The molecule has 0 saturated heterocycles. The van der Waals surface area contributed by atoms with E-state index in [1.165, 1.54) is 5.56 Å². The number of aryl methyl sites for hydroxylation is 1. The van der Waals surface area contributed by atoms with Gasteiger partial charge in [0.1, 0.15) is 5.75 Å². The van der Waals surface area contributed by atoms with Gasteiger partial charge in [-0.3, -0.25) is 9.59 Å². The highest BCUT2D eigenvalue weighted by atomic mass is 35.5. The Balaban J connectivity index is 1.95. The molecule has 3 rings (SSSR count). The van der Waals surface area contributed by atoms with Gasteiger partial charge in [0, 0.05) is 36.5 Å². The van der Waals surface area contributed by atoms with Crippen LogP contribution in [0.4, 0.5) is 11.4 Å². The number of carbonyl (C=O) groups excluding carboxylic acids is 2. The number of ether oxygens (including phenoxy) is 1. The van der Waals surface area contributed by atoms with Crippen molar-refractivity contribution in [1.82, 2.24) is 10.0 Å². The first-order valence-corrected chi connectivity index (χ1v) is 20.1. The van der Waals surface area contributed by atoms with Gasteiger partial charge < -0.3 is 15.0 Å². The van der Waals surface area contributed by atoms with Crippen LogP contribution >= 0.6 is 11.6 Å². The van der Waals surface area contributed by atoms with Gasteiger partial charge in [-0.25, -0.2) is 18.1 Å². The molecule has 1 atom stereocenters. The molecule has 2 aromatic carbocycles. The van der Waals surface area contributed by atoms with Gasteiger partial charge in [-0.1, -0.05) is 72.2 Å². The number of benzene rings is 2. The molecule has 0 saturated carbocycles. The predicted octanol–water partition coefficient (Wildman–Crippen LogP) is 8.16. The monoisotopic (exact) mass is 740 g/mol. The predicted molar refractivity (Wildman–Crippen MR) is 211 cm³/mol. The van der Waals surface area contributed by atoms with E-state index in [4.69, 9.17) is 21.3 Å². The summed E-state index contributed by atoms with van der Waals surface area (Å²) < 4.78 is 32.0. The molecule has 0 radical (unpaired) electrons. The van der Waals surface area contributed by atoms with Crippen molar-refractivity contribution in [3.8, 4) is 5.75 Å². The van der Waals surface area contributed by atoms with Crippen LogP contribution in [0, 0.1) is 6.92 Å². The van der Waals surface area contributed by atoms with Gasteiger partial charge in [0.05, 0.1) is 28.4 Å². The molecule has 0 aliphatic heterocycles. The number of sulfonamides is 1. The lowest BCUT2D eigenvalue weighted by atomic mass is 9.76. The number of likely N-dealkylation sites (N-methyl/N-ethyl adjacent to an activating group) is 1. The summed E-state index contributed by atoms with van der Waals surface area (Å²) in [6.07, 6.45) is 2.54. The van der Waals surface area contributed by atoms with Crippen LogP contribution in [0.5, 0.6) is 5.75 Å². The first kappa shape index (κ1) is 41.9. The summed E-state index contributed by atoms with van der Waals surface area (Å²) in [5.74, 6) is -0.253. The molecular weight excluding hydrogens is 684 g/mol.